The fourth-order valence-electron chi connectivity index (χ4n) is 3.71. The first-order valence-electron chi connectivity index (χ1n) is 10.9. The average Bonchev–Trinajstić information content (AvgIpc) is 3.03. The summed E-state index contributed by atoms with van der Waals surface area (Å²) in [5.74, 6) is -0.521. The molecule has 1 unspecified atom stereocenters. The van der Waals surface area contributed by atoms with Crippen LogP contribution < -0.4 is 4.74 Å². The van der Waals surface area contributed by atoms with E-state index in [1.165, 1.54) is 0 Å². The number of carbonyl (C=O) groups excluding carboxylic acids is 2. The molecule has 32 heavy (non-hydrogen) atoms. The van der Waals surface area contributed by atoms with Crippen molar-refractivity contribution < 1.29 is 19.4 Å². The Labute approximate surface area is 189 Å². The van der Waals surface area contributed by atoms with E-state index in [9.17, 15) is 14.7 Å². The smallest absolute Gasteiger partial charge is 0.295 e. The third kappa shape index (κ3) is 5.34. The lowest BCUT2D eigenvalue weighted by molar-refractivity contribution is -0.139. The molecule has 0 saturated carbocycles. The topological polar surface area (TPSA) is 83.0 Å². The van der Waals surface area contributed by atoms with Crippen molar-refractivity contribution in [3.05, 3.63) is 65.5 Å². The SMILES string of the molecule is CC(C)COc1cccc(/C(O)=C2/C(=O)C(=O)N(CCCN(C)C)C2c2ccncc2)c1. The number of Topliss-reactive ketones (excluding diaryl/α,β-unsaturated/α-hetero) is 1. The van der Waals surface area contributed by atoms with Gasteiger partial charge in [-0.3, -0.25) is 14.6 Å². The lowest BCUT2D eigenvalue weighted by Crippen LogP contribution is -2.32. The first-order valence-corrected chi connectivity index (χ1v) is 10.9. The van der Waals surface area contributed by atoms with Gasteiger partial charge in [-0.25, -0.2) is 0 Å². The summed E-state index contributed by atoms with van der Waals surface area (Å²) in [5.41, 5.74) is 1.27. The molecule has 0 aliphatic carbocycles. The molecule has 0 radical (unpaired) electrons. The molecule has 170 valence electrons. The maximum absolute atomic E-state index is 13.0. The monoisotopic (exact) mass is 437 g/mol. The van der Waals surface area contributed by atoms with E-state index in [2.05, 4.69) is 18.8 Å². The van der Waals surface area contributed by atoms with Crippen LogP contribution in [0.1, 0.15) is 37.4 Å². The second-order valence-corrected chi connectivity index (χ2v) is 8.66. The van der Waals surface area contributed by atoms with Gasteiger partial charge in [-0.2, -0.15) is 0 Å². The van der Waals surface area contributed by atoms with E-state index >= 15 is 0 Å². The molecule has 2 heterocycles. The number of pyridine rings is 1. The van der Waals surface area contributed by atoms with E-state index in [-0.39, 0.29) is 11.3 Å². The van der Waals surface area contributed by atoms with Crippen LogP contribution in [0, 0.1) is 5.92 Å². The van der Waals surface area contributed by atoms with Gasteiger partial charge in [0.2, 0.25) is 0 Å². The van der Waals surface area contributed by atoms with Crippen LogP contribution in [0.25, 0.3) is 5.76 Å². The predicted octanol–water partition coefficient (Wildman–Crippen LogP) is 3.49. The number of hydrogen-bond donors (Lipinski definition) is 1. The zero-order valence-corrected chi connectivity index (χ0v) is 19.1. The number of carbonyl (C=O) groups is 2. The largest absolute Gasteiger partial charge is 0.507 e. The molecule has 1 amide bonds. The number of likely N-dealkylation sites (tertiary alicyclic amines) is 1. The molecule has 7 nitrogen and oxygen atoms in total. The highest BCUT2D eigenvalue weighted by molar-refractivity contribution is 6.46. The van der Waals surface area contributed by atoms with Crippen LogP contribution in [0.3, 0.4) is 0 Å². The molecular weight excluding hydrogens is 406 g/mol. The molecule has 1 aromatic carbocycles. The van der Waals surface area contributed by atoms with Crippen molar-refractivity contribution in [3.8, 4) is 5.75 Å². The Morgan fingerprint density at radius 2 is 1.91 bits per heavy atom. The van der Waals surface area contributed by atoms with E-state index in [4.69, 9.17) is 4.74 Å². The van der Waals surface area contributed by atoms with Gasteiger partial charge in [0, 0.05) is 24.5 Å². The molecule has 0 spiro atoms. The normalized spacial score (nSPS) is 18.1. The van der Waals surface area contributed by atoms with Crippen molar-refractivity contribution in [2.45, 2.75) is 26.3 Å². The summed E-state index contributed by atoms with van der Waals surface area (Å²) in [4.78, 5) is 33.6. The van der Waals surface area contributed by atoms with Gasteiger partial charge >= 0.3 is 0 Å². The minimum absolute atomic E-state index is 0.0899. The van der Waals surface area contributed by atoms with E-state index in [1.807, 2.05) is 19.0 Å². The number of nitrogens with zero attached hydrogens (tertiary/aromatic N) is 3. The van der Waals surface area contributed by atoms with Gasteiger partial charge in [0.1, 0.15) is 11.5 Å². The van der Waals surface area contributed by atoms with Crippen LogP contribution in [-0.4, -0.2) is 65.4 Å². The average molecular weight is 438 g/mol. The maximum Gasteiger partial charge on any atom is 0.295 e. The highest BCUT2D eigenvalue weighted by Crippen LogP contribution is 2.39. The van der Waals surface area contributed by atoms with Crippen molar-refractivity contribution in [2.75, 3.05) is 33.8 Å². The minimum atomic E-state index is -0.678. The number of aliphatic hydroxyl groups excluding tert-OH is 1. The van der Waals surface area contributed by atoms with E-state index in [1.54, 1.807) is 53.7 Å². The van der Waals surface area contributed by atoms with Crippen molar-refractivity contribution >= 4 is 17.4 Å². The van der Waals surface area contributed by atoms with E-state index in [0.29, 0.717) is 36.8 Å². The van der Waals surface area contributed by atoms with Crippen molar-refractivity contribution in [1.29, 1.82) is 0 Å². The van der Waals surface area contributed by atoms with Crippen LogP contribution in [-0.2, 0) is 9.59 Å². The van der Waals surface area contributed by atoms with Crippen LogP contribution in [0.4, 0.5) is 0 Å². The van der Waals surface area contributed by atoms with Crippen LogP contribution in [0.5, 0.6) is 5.75 Å². The molecule has 1 aromatic heterocycles. The van der Waals surface area contributed by atoms with Crippen LogP contribution >= 0.6 is 0 Å². The van der Waals surface area contributed by atoms with E-state index < -0.39 is 17.7 Å². The second-order valence-electron chi connectivity index (χ2n) is 8.66. The standard InChI is InChI=1S/C25H31N3O4/c1-17(2)16-32-20-8-5-7-19(15-20)23(29)21-22(18-9-11-26-12-10-18)28(25(31)24(21)30)14-6-13-27(3)4/h5,7-12,15,17,22,29H,6,13-14,16H2,1-4H3/b23-21-. The van der Waals surface area contributed by atoms with Crippen LogP contribution in [0.2, 0.25) is 0 Å². The predicted molar refractivity (Wildman–Crippen MR) is 123 cm³/mol. The first-order chi connectivity index (χ1) is 15.3. The summed E-state index contributed by atoms with van der Waals surface area (Å²) >= 11 is 0. The third-order valence-electron chi connectivity index (χ3n) is 5.26. The van der Waals surface area contributed by atoms with Gasteiger partial charge in [-0.05, 0) is 62.8 Å². The number of amides is 1. The highest BCUT2D eigenvalue weighted by Gasteiger charge is 2.45. The molecule has 1 saturated heterocycles. The Morgan fingerprint density at radius 1 is 1.19 bits per heavy atom. The quantitative estimate of drug-likeness (QED) is 0.367. The van der Waals surface area contributed by atoms with Crippen molar-refractivity contribution in [2.24, 2.45) is 5.92 Å². The van der Waals surface area contributed by atoms with Gasteiger partial charge in [-0.15, -0.1) is 0 Å². The van der Waals surface area contributed by atoms with Gasteiger partial charge < -0.3 is 19.6 Å². The summed E-state index contributed by atoms with van der Waals surface area (Å²) in [6.45, 7) is 5.83. The Hall–Kier alpha value is -3.19. The van der Waals surface area contributed by atoms with Gasteiger partial charge in [-0.1, -0.05) is 26.0 Å². The molecule has 2 aromatic rings. The zero-order chi connectivity index (χ0) is 23.3. The van der Waals surface area contributed by atoms with Gasteiger partial charge in [0.25, 0.3) is 11.7 Å². The minimum Gasteiger partial charge on any atom is -0.507 e. The number of ketones is 1. The molecule has 1 atom stereocenters. The molecule has 7 heteroatoms. The Morgan fingerprint density at radius 3 is 2.56 bits per heavy atom. The summed E-state index contributed by atoms with van der Waals surface area (Å²) in [6, 6.07) is 9.84. The number of benzene rings is 1. The summed E-state index contributed by atoms with van der Waals surface area (Å²) in [7, 11) is 3.92. The van der Waals surface area contributed by atoms with Gasteiger partial charge in [0.05, 0.1) is 18.2 Å². The molecule has 1 fully saturated rings. The number of aromatic nitrogens is 1. The summed E-state index contributed by atoms with van der Waals surface area (Å²) in [5, 5.41) is 11.2. The Bertz CT molecular complexity index is 986. The molecule has 1 N–H and O–H groups in total. The molecule has 0 bridgehead atoms. The lowest BCUT2D eigenvalue weighted by Gasteiger charge is -2.25. The fourth-order valence-corrected chi connectivity index (χ4v) is 3.71. The van der Waals surface area contributed by atoms with Crippen LogP contribution in [0.15, 0.2) is 54.4 Å². The van der Waals surface area contributed by atoms with Gasteiger partial charge in [0.15, 0.2) is 0 Å². The number of rotatable bonds is 9. The molecular formula is C25H31N3O4. The summed E-state index contributed by atoms with van der Waals surface area (Å²) in [6.07, 6.45) is 3.95. The number of ether oxygens (including phenoxy) is 1. The molecule has 1 aliphatic heterocycles. The third-order valence-corrected chi connectivity index (χ3v) is 5.26. The number of hydrogen-bond acceptors (Lipinski definition) is 6. The fraction of sp³-hybridized carbons (Fsp3) is 0.400. The second kappa shape index (κ2) is 10.4. The first kappa shape index (κ1) is 23.5. The Kier molecular flexibility index (Phi) is 7.64. The maximum atomic E-state index is 13.0. The van der Waals surface area contributed by atoms with Crippen molar-refractivity contribution in [1.82, 2.24) is 14.8 Å². The lowest BCUT2D eigenvalue weighted by atomic mass is 9.96. The zero-order valence-electron chi connectivity index (χ0n) is 19.1. The molecule has 1 aliphatic rings. The Balaban J connectivity index is 2.02. The number of aliphatic hydroxyl groups is 1. The summed E-state index contributed by atoms with van der Waals surface area (Å²) < 4.78 is 5.77. The van der Waals surface area contributed by atoms with Crippen molar-refractivity contribution in [3.63, 3.8) is 0 Å². The molecule has 3 rings (SSSR count). The highest BCUT2D eigenvalue weighted by atomic mass is 16.5. The van der Waals surface area contributed by atoms with E-state index in [0.717, 1.165) is 12.1 Å².